The fourth-order valence-corrected chi connectivity index (χ4v) is 1.92. The molecule has 0 amide bonds. The van der Waals surface area contributed by atoms with Crippen LogP contribution in [0, 0.1) is 0 Å². The summed E-state index contributed by atoms with van der Waals surface area (Å²) in [6.07, 6.45) is 3.39. The van der Waals surface area contributed by atoms with Crippen LogP contribution in [-0.4, -0.2) is 26.0 Å². The molecule has 1 heterocycles. The van der Waals surface area contributed by atoms with Crippen LogP contribution in [0.25, 0.3) is 0 Å². The van der Waals surface area contributed by atoms with E-state index in [0.29, 0.717) is 31.1 Å². The zero-order valence-corrected chi connectivity index (χ0v) is 9.78. The standard InChI is InChI=1S/C13H17NO3/c14-6-1-3-10-4-5-11(9-15)13-12(10)16-7-2-8-17-13/h4-5,9H,1-3,6-8,14H2. The molecule has 0 fully saturated rings. The van der Waals surface area contributed by atoms with Crippen molar-refractivity contribution in [2.45, 2.75) is 19.3 Å². The molecule has 0 bridgehead atoms. The molecule has 2 rings (SSSR count). The molecule has 92 valence electrons. The number of carbonyl (C=O) groups excluding carboxylic acids is 1. The normalized spacial score (nSPS) is 14.2. The molecule has 0 atom stereocenters. The summed E-state index contributed by atoms with van der Waals surface area (Å²) in [5.41, 5.74) is 7.13. The van der Waals surface area contributed by atoms with Gasteiger partial charge in [0.25, 0.3) is 0 Å². The Morgan fingerprint density at radius 1 is 1.24 bits per heavy atom. The molecule has 1 aromatic carbocycles. The van der Waals surface area contributed by atoms with Crippen LogP contribution in [0.3, 0.4) is 0 Å². The predicted octanol–water partition coefficient (Wildman–Crippen LogP) is 1.55. The van der Waals surface area contributed by atoms with E-state index in [0.717, 1.165) is 36.9 Å². The molecule has 17 heavy (non-hydrogen) atoms. The Hall–Kier alpha value is -1.55. The highest BCUT2D eigenvalue weighted by Crippen LogP contribution is 2.36. The van der Waals surface area contributed by atoms with Crippen LogP contribution in [0.15, 0.2) is 12.1 Å². The second-order valence-corrected chi connectivity index (χ2v) is 4.03. The maximum Gasteiger partial charge on any atom is 0.171 e. The lowest BCUT2D eigenvalue weighted by molar-refractivity contribution is 0.111. The molecule has 1 aliphatic rings. The van der Waals surface area contributed by atoms with Crippen molar-refractivity contribution < 1.29 is 14.3 Å². The van der Waals surface area contributed by atoms with Gasteiger partial charge in [0.2, 0.25) is 0 Å². The van der Waals surface area contributed by atoms with Crippen LogP contribution in [-0.2, 0) is 6.42 Å². The van der Waals surface area contributed by atoms with Gasteiger partial charge in [0, 0.05) is 6.42 Å². The van der Waals surface area contributed by atoms with E-state index < -0.39 is 0 Å². The van der Waals surface area contributed by atoms with Gasteiger partial charge in [-0.25, -0.2) is 0 Å². The molecule has 2 N–H and O–H groups in total. The average molecular weight is 235 g/mol. The summed E-state index contributed by atoms with van der Waals surface area (Å²) in [5.74, 6) is 1.31. The lowest BCUT2D eigenvalue weighted by Crippen LogP contribution is -2.03. The van der Waals surface area contributed by atoms with Crippen molar-refractivity contribution in [2.24, 2.45) is 5.73 Å². The minimum atomic E-state index is 0.554. The zero-order valence-electron chi connectivity index (χ0n) is 9.78. The summed E-state index contributed by atoms with van der Waals surface area (Å²) in [6, 6.07) is 3.71. The first kappa shape index (κ1) is 11.9. The third kappa shape index (κ3) is 2.58. The number of ether oxygens (including phenoxy) is 2. The fraction of sp³-hybridized carbons (Fsp3) is 0.462. The maximum absolute atomic E-state index is 11.0. The van der Waals surface area contributed by atoms with Gasteiger partial charge < -0.3 is 15.2 Å². The summed E-state index contributed by atoms with van der Waals surface area (Å²) in [6.45, 7) is 1.87. The second kappa shape index (κ2) is 5.68. The first-order chi connectivity index (χ1) is 8.36. The molecule has 0 aliphatic carbocycles. The summed E-state index contributed by atoms with van der Waals surface area (Å²) in [4.78, 5) is 11.0. The summed E-state index contributed by atoms with van der Waals surface area (Å²) >= 11 is 0. The van der Waals surface area contributed by atoms with Gasteiger partial charge in [-0.1, -0.05) is 6.07 Å². The molecule has 0 aromatic heterocycles. The van der Waals surface area contributed by atoms with Crippen molar-refractivity contribution in [2.75, 3.05) is 19.8 Å². The highest BCUT2D eigenvalue weighted by atomic mass is 16.5. The van der Waals surface area contributed by atoms with E-state index in [-0.39, 0.29) is 0 Å². The van der Waals surface area contributed by atoms with E-state index in [1.165, 1.54) is 0 Å². The summed E-state index contributed by atoms with van der Waals surface area (Å²) < 4.78 is 11.3. The van der Waals surface area contributed by atoms with Gasteiger partial charge in [-0.15, -0.1) is 0 Å². The van der Waals surface area contributed by atoms with Crippen LogP contribution < -0.4 is 15.2 Å². The lowest BCUT2D eigenvalue weighted by Gasteiger charge is -2.13. The Morgan fingerprint density at radius 3 is 2.71 bits per heavy atom. The summed E-state index contributed by atoms with van der Waals surface area (Å²) in [7, 11) is 0. The van der Waals surface area contributed by atoms with Crippen LogP contribution in [0.5, 0.6) is 11.5 Å². The molecule has 4 nitrogen and oxygen atoms in total. The number of nitrogens with two attached hydrogens (primary N) is 1. The molecule has 1 aliphatic heterocycles. The first-order valence-corrected chi connectivity index (χ1v) is 5.93. The number of hydrogen-bond donors (Lipinski definition) is 1. The van der Waals surface area contributed by atoms with Crippen molar-refractivity contribution >= 4 is 6.29 Å². The highest BCUT2D eigenvalue weighted by Gasteiger charge is 2.18. The molecule has 0 saturated heterocycles. The van der Waals surface area contributed by atoms with Crippen molar-refractivity contribution in [3.63, 3.8) is 0 Å². The molecular weight excluding hydrogens is 218 g/mol. The topological polar surface area (TPSA) is 61.6 Å². The van der Waals surface area contributed by atoms with Gasteiger partial charge >= 0.3 is 0 Å². The Labute approximate surface area is 101 Å². The van der Waals surface area contributed by atoms with Gasteiger partial charge in [-0.05, 0) is 31.0 Å². The van der Waals surface area contributed by atoms with Gasteiger partial charge in [-0.3, -0.25) is 4.79 Å². The molecule has 4 heteroatoms. The van der Waals surface area contributed by atoms with Crippen molar-refractivity contribution in [3.8, 4) is 11.5 Å². The van der Waals surface area contributed by atoms with E-state index in [1.807, 2.05) is 6.07 Å². The minimum absolute atomic E-state index is 0.554. The van der Waals surface area contributed by atoms with Gasteiger partial charge in [0.15, 0.2) is 17.8 Å². The molecule has 0 saturated carbocycles. The van der Waals surface area contributed by atoms with E-state index >= 15 is 0 Å². The van der Waals surface area contributed by atoms with E-state index in [9.17, 15) is 4.79 Å². The largest absolute Gasteiger partial charge is 0.489 e. The van der Waals surface area contributed by atoms with Crippen LogP contribution in [0.4, 0.5) is 0 Å². The quantitative estimate of drug-likeness (QED) is 0.804. The van der Waals surface area contributed by atoms with Crippen molar-refractivity contribution in [3.05, 3.63) is 23.3 Å². The van der Waals surface area contributed by atoms with Gasteiger partial charge in [0.05, 0.1) is 18.8 Å². The van der Waals surface area contributed by atoms with Gasteiger partial charge in [-0.2, -0.15) is 0 Å². The smallest absolute Gasteiger partial charge is 0.171 e. The van der Waals surface area contributed by atoms with E-state index in [4.69, 9.17) is 15.2 Å². The SMILES string of the molecule is NCCCc1ccc(C=O)c2c1OCCCO2. The number of fused-ring (bicyclic) bond motifs is 1. The molecule has 0 unspecified atom stereocenters. The van der Waals surface area contributed by atoms with Crippen molar-refractivity contribution in [1.29, 1.82) is 0 Å². The molecule has 1 aromatic rings. The number of aryl methyl sites for hydroxylation is 1. The monoisotopic (exact) mass is 235 g/mol. The number of aldehydes is 1. The first-order valence-electron chi connectivity index (χ1n) is 5.93. The molecule has 0 radical (unpaired) electrons. The van der Waals surface area contributed by atoms with Crippen LogP contribution in [0.1, 0.15) is 28.8 Å². The second-order valence-electron chi connectivity index (χ2n) is 4.03. The number of hydrogen-bond acceptors (Lipinski definition) is 4. The Morgan fingerprint density at radius 2 is 2.00 bits per heavy atom. The Balaban J connectivity index is 2.37. The van der Waals surface area contributed by atoms with E-state index in [1.54, 1.807) is 6.07 Å². The number of carbonyl (C=O) groups is 1. The third-order valence-electron chi connectivity index (χ3n) is 2.78. The van der Waals surface area contributed by atoms with Crippen molar-refractivity contribution in [1.82, 2.24) is 0 Å². The number of rotatable bonds is 4. The fourth-order valence-electron chi connectivity index (χ4n) is 1.92. The molecular formula is C13H17NO3. The number of benzene rings is 1. The average Bonchev–Trinajstić information content (AvgIpc) is 2.61. The lowest BCUT2D eigenvalue weighted by atomic mass is 10.0. The van der Waals surface area contributed by atoms with Crippen LogP contribution >= 0.6 is 0 Å². The minimum Gasteiger partial charge on any atom is -0.489 e. The maximum atomic E-state index is 11.0. The zero-order chi connectivity index (χ0) is 12.1. The Kier molecular flexibility index (Phi) is 3.98. The predicted molar refractivity (Wildman–Crippen MR) is 64.8 cm³/mol. The van der Waals surface area contributed by atoms with Crippen LogP contribution in [0.2, 0.25) is 0 Å². The van der Waals surface area contributed by atoms with Gasteiger partial charge in [0.1, 0.15) is 0 Å². The molecule has 0 spiro atoms. The Bertz CT molecular complexity index is 404. The third-order valence-corrected chi connectivity index (χ3v) is 2.78. The highest BCUT2D eigenvalue weighted by molar-refractivity contribution is 5.82. The summed E-state index contributed by atoms with van der Waals surface area (Å²) in [5, 5.41) is 0. The van der Waals surface area contributed by atoms with E-state index in [2.05, 4.69) is 0 Å².